The summed E-state index contributed by atoms with van der Waals surface area (Å²) in [7, 11) is 0. The van der Waals surface area contributed by atoms with Gasteiger partial charge in [-0.25, -0.2) is 0 Å². The highest BCUT2D eigenvalue weighted by Gasteiger charge is 2.58. The molecule has 1 heteroatoms. The Morgan fingerprint density at radius 1 is 1.00 bits per heavy atom. The number of Topliss-reactive ketones (excluding diaryl/α,β-unsaturated/α-hetero) is 1. The Bertz CT molecular complexity index is 455. The molecule has 0 radical (unpaired) electrons. The molecule has 1 nitrogen and oxygen atoms in total. The molecule has 7 atom stereocenters. The number of hydrogen-bond donors (Lipinski definition) is 0. The summed E-state index contributed by atoms with van der Waals surface area (Å²) in [4.78, 5) is 12.4. The molecule has 0 heterocycles. The lowest BCUT2D eigenvalue weighted by atomic mass is 9.45. The van der Waals surface area contributed by atoms with Crippen LogP contribution in [0.5, 0.6) is 0 Å². The van der Waals surface area contributed by atoms with Crippen LogP contribution in [0.1, 0.15) is 78.6 Å². The zero-order chi connectivity index (χ0) is 14.8. The zero-order valence-electron chi connectivity index (χ0n) is 14.2. The van der Waals surface area contributed by atoms with E-state index in [0.29, 0.717) is 17.1 Å². The van der Waals surface area contributed by atoms with E-state index in [2.05, 4.69) is 20.8 Å². The largest absolute Gasteiger partial charge is 0.299 e. The lowest BCUT2D eigenvalue weighted by molar-refractivity contribution is -0.138. The monoisotopic (exact) mass is 288 g/mol. The van der Waals surface area contributed by atoms with Gasteiger partial charge >= 0.3 is 0 Å². The van der Waals surface area contributed by atoms with Crippen LogP contribution in [0.4, 0.5) is 0 Å². The Morgan fingerprint density at radius 3 is 2.62 bits per heavy atom. The molecule has 118 valence electrons. The molecule has 0 unspecified atom stereocenters. The molecule has 0 spiro atoms. The van der Waals surface area contributed by atoms with Gasteiger partial charge in [-0.3, -0.25) is 4.79 Å². The molecule has 4 fully saturated rings. The van der Waals surface area contributed by atoms with Crippen LogP contribution in [0, 0.1) is 40.4 Å². The summed E-state index contributed by atoms with van der Waals surface area (Å²) in [6.45, 7) is 7.39. The van der Waals surface area contributed by atoms with E-state index in [1.54, 1.807) is 0 Å². The Morgan fingerprint density at radius 2 is 1.81 bits per heavy atom. The van der Waals surface area contributed by atoms with E-state index in [1.165, 1.54) is 51.4 Å². The number of carbonyl (C=O) groups is 1. The van der Waals surface area contributed by atoms with E-state index >= 15 is 0 Å². The minimum Gasteiger partial charge on any atom is -0.299 e. The van der Waals surface area contributed by atoms with Crippen LogP contribution in [0.25, 0.3) is 0 Å². The lowest BCUT2D eigenvalue weighted by Gasteiger charge is -2.59. The van der Waals surface area contributed by atoms with Crippen LogP contribution < -0.4 is 0 Å². The Labute approximate surface area is 130 Å². The van der Waals surface area contributed by atoms with Crippen molar-refractivity contribution in [2.75, 3.05) is 0 Å². The van der Waals surface area contributed by atoms with Gasteiger partial charge in [0.2, 0.25) is 0 Å². The first-order valence-corrected chi connectivity index (χ1v) is 9.47. The molecule has 21 heavy (non-hydrogen) atoms. The van der Waals surface area contributed by atoms with Gasteiger partial charge in [0.1, 0.15) is 5.78 Å². The molecule has 4 aliphatic carbocycles. The van der Waals surface area contributed by atoms with E-state index in [0.717, 1.165) is 30.1 Å². The van der Waals surface area contributed by atoms with Crippen molar-refractivity contribution in [3.05, 3.63) is 0 Å². The minimum atomic E-state index is 0.0618. The van der Waals surface area contributed by atoms with Crippen molar-refractivity contribution in [1.82, 2.24) is 0 Å². The summed E-state index contributed by atoms with van der Waals surface area (Å²) in [5.41, 5.74) is 0.661. The molecular formula is C20H32O. The van der Waals surface area contributed by atoms with Gasteiger partial charge in [0.15, 0.2) is 0 Å². The highest BCUT2D eigenvalue weighted by molar-refractivity contribution is 5.87. The maximum atomic E-state index is 12.4. The fourth-order valence-electron chi connectivity index (χ4n) is 7.08. The predicted molar refractivity (Wildman–Crippen MR) is 85.9 cm³/mol. The standard InChI is InChI=1S/C20H32O/c1-13-8-9-19(2)15(10-13)5-4-14-12-20(3)16(11-17(14)19)6-7-18(20)21/h13-17H,4-12H2,1-3H3/t13-,14+,15+,16-,17+,19+,20-/m0/s1. The van der Waals surface area contributed by atoms with E-state index in [4.69, 9.17) is 0 Å². The van der Waals surface area contributed by atoms with E-state index in [1.807, 2.05) is 0 Å². The van der Waals surface area contributed by atoms with Gasteiger partial charge < -0.3 is 0 Å². The van der Waals surface area contributed by atoms with Crippen molar-refractivity contribution in [1.29, 1.82) is 0 Å². The lowest BCUT2D eigenvalue weighted by Crippen LogP contribution is -2.52. The molecule has 0 saturated heterocycles. The number of hydrogen-bond acceptors (Lipinski definition) is 1. The summed E-state index contributed by atoms with van der Waals surface area (Å²) in [5, 5.41) is 0. The van der Waals surface area contributed by atoms with Crippen molar-refractivity contribution in [2.24, 2.45) is 40.4 Å². The molecule has 0 N–H and O–H groups in total. The fourth-order valence-corrected chi connectivity index (χ4v) is 7.08. The van der Waals surface area contributed by atoms with Crippen LogP contribution in [0.3, 0.4) is 0 Å². The second-order valence-electron chi connectivity index (χ2n) is 9.54. The smallest absolute Gasteiger partial charge is 0.139 e. The number of carbonyl (C=O) groups excluding carboxylic acids is 1. The minimum absolute atomic E-state index is 0.0618. The fraction of sp³-hybridized carbons (Fsp3) is 0.950. The molecule has 0 amide bonds. The highest BCUT2D eigenvalue weighted by Crippen LogP contribution is 2.65. The third-order valence-electron chi connectivity index (χ3n) is 8.58. The van der Waals surface area contributed by atoms with Crippen molar-refractivity contribution >= 4 is 5.78 Å². The third-order valence-corrected chi connectivity index (χ3v) is 8.58. The molecule has 0 aromatic rings. The normalized spacial score (nSPS) is 56.5. The first-order chi connectivity index (χ1) is 9.93. The van der Waals surface area contributed by atoms with Gasteiger partial charge in [-0.05, 0) is 80.0 Å². The number of fused-ring (bicyclic) bond motifs is 4. The van der Waals surface area contributed by atoms with Crippen LogP contribution in [-0.2, 0) is 4.79 Å². The summed E-state index contributed by atoms with van der Waals surface area (Å²) in [6, 6.07) is 0. The van der Waals surface area contributed by atoms with Gasteiger partial charge in [-0.15, -0.1) is 0 Å². The van der Waals surface area contributed by atoms with Crippen LogP contribution in [0.15, 0.2) is 0 Å². The van der Waals surface area contributed by atoms with Crippen molar-refractivity contribution in [2.45, 2.75) is 78.6 Å². The number of rotatable bonds is 0. The summed E-state index contributed by atoms with van der Waals surface area (Å²) in [6.07, 6.45) is 11.9. The van der Waals surface area contributed by atoms with Gasteiger partial charge in [-0.2, -0.15) is 0 Å². The molecule has 4 saturated carbocycles. The van der Waals surface area contributed by atoms with Crippen LogP contribution >= 0.6 is 0 Å². The second kappa shape index (κ2) is 4.59. The quantitative estimate of drug-likeness (QED) is 0.596. The second-order valence-corrected chi connectivity index (χ2v) is 9.54. The Kier molecular flexibility index (Phi) is 3.12. The van der Waals surface area contributed by atoms with Gasteiger partial charge in [0.25, 0.3) is 0 Å². The van der Waals surface area contributed by atoms with E-state index in [-0.39, 0.29) is 5.41 Å². The van der Waals surface area contributed by atoms with Crippen LogP contribution in [0.2, 0.25) is 0 Å². The molecule has 0 aromatic carbocycles. The number of ketones is 1. The average Bonchev–Trinajstić information content (AvgIpc) is 2.74. The molecule has 4 aliphatic rings. The average molecular weight is 288 g/mol. The topological polar surface area (TPSA) is 17.1 Å². The molecule has 0 aromatic heterocycles. The highest BCUT2D eigenvalue weighted by atomic mass is 16.1. The molecule has 0 bridgehead atoms. The predicted octanol–water partition coefficient (Wildman–Crippen LogP) is 5.23. The maximum absolute atomic E-state index is 12.4. The summed E-state index contributed by atoms with van der Waals surface area (Å²) < 4.78 is 0. The van der Waals surface area contributed by atoms with E-state index in [9.17, 15) is 4.79 Å². The maximum Gasteiger partial charge on any atom is 0.139 e. The van der Waals surface area contributed by atoms with Gasteiger partial charge in [-0.1, -0.05) is 27.2 Å². The van der Waals surface area contributed by atoms with Gasteiger partial charge in [0.05, 0.1) is 0 Å². The van der Waals surface area contributed by atoms with E-state index < -0.39 is 0 Å². The van der Waals surface area contributed by atoms with Crippen LogP contribution in [-0.4, -0.2) is 5.78 Å². The van der Waals surface area contributed by atoms with Crippen molar-refractivity contribution in [3.63, 3.8) is 0 Å². The summed E-state index contributed by atoms with van der Waals surface area (Å²) >= 11 is 0. The first-order valence-electron chi connectivity index (χ1n) is 9.47. The first kappa shape index (κ1) is 14.3. The van der Waals surface area contributed by atoms with Gasteiger partial charge in [0, 0.05) is 11.8 Å². The van der Waals surface area contributed by atoms with Crippen molar-refractivity contribution in [3.8, 4) is 0 Å². The molecule has 4 rings (SSSR count). The SMILES string of the molecule is C[C@H]1CC[C@]2(C)[C@H](CC[C@@H]3C[C@]4(C)C(=O)CC[C@H]4C[C@H]32)C1. The zero-order valence-corrected chi connectivity index (χ0v) is 14.2. The Balaban J connectivity index is 1.62. The molecule has 0 aliphatic heterocycles. The Hall–Kier alpha value is -0.330. The van der Waals surface area contributed by atoms with Crippen molar-refractivity contribution < 1.29 is 4.79 Å². The summed E-state index contributed by atoms with van der Waals surface area (Å²) in [5.74, 6) is 5.00. The third kappa shape index (κ3) is 1.91. The molecular weight excluding hydrogens is 256 g/mol.